The van der Waals surface area contributed by atoms with Crippen LogP contribution in [0.4, 0.5) is 5.69 Å². The summed E-state index contributed by atoms with van der Waals surface area (Å²) in [5.41, 5.74) is 3.44. The molecule has 1 aliphatic rings. The third-order valence-electron chi connectivity index (χ3n) is 4.63. The van der Waals surface area contributed by atoms with Gasteiger partial charge in [-0.15, -0.1) is 0 Å². The number of aliphatic imine (C=N–C) groups is 1. The molecule has 0 bridgehead atoms. The Hall–Kier alpha value is -4.26. The first-order chi connectivity index (χ1) is 15.0. The standard InChI is InChI=1S/C24H18N2O5/c1-16-5-4-6-17(13-16)15-30-22-8-3-2-7-19(22)14-21-24(27)31-23(25-21)18-9-11-20(12-10-18)26(28)29/h2-14H,15H2,1H3/b21-14-. The third-order valence-corrected chi connectivity index (χ3v) is 4.63. The van der Waals surface area contributed by atoms with Gasteiger partial charge >= 0.3 is 5.97 Å². The Labute approximate surface area is 178 Å². The molecule has 0 aromatic heterocycles. The van der Waals surface area contributed by atoms with E-state index in [1.165, 1.54) is 24.3 Å². The lowest BCUT2D eigenvalue weighted by Gasteiger charge is -2.09. The van der Waals surface area contributed by atoms with Crippen molar-refractivity contribution in [3.63, 3.8) is 0 Å². The van der Waals surface area contributed by atoms with E-state index >= 15 is 0 Å². The van der Waals surface area contributed by atoms with E-state index in [1.807, 2.05) is 49.4 Å². The summed E-state index contributed by atoms with van der Waals surface area (Å²) in [6.07, 6.45) is 1.60. The minimum Gasteiger partial charge on any atom is -0.488 e. The number of cyclic esters (lactones) is 1. The average Bonchev–Trinajstić information content (AvgIpc) is 3.13. The van der Waals surface area contributed by atoms with Gasteiger partial charge in [0, 0.05) is 23.3 Å². The highest BCUT2D eigenvalue weighted by molar-refractivity contribution is 6.13. The molecule has 0 unspecified atom stereocenters. The predicted octanol–water partition coefficient (Wildman–Crippen LogP) is 4.83. The molecule has 3 aromatic rings. The number of carbonyl (C=O) groups excluding carboxylic acids is 1. The van der Waals surface area contributed by atoms with Crippen LogP contribution in [0.5, 0.6) is 5.75 Å². The van der Waals surface area contributed by atoms with Gasteiger partial charge in [-0.25, -0.2) is 9.79 Å². The molecule has 0 N–H and O–H groups in total. The monoisotopic (exact) mass is 414 g/mol. The van der Waals surface area contributed by atoms with E-state index in [1.54, 1.807) is 6.08 Å². The number of para-hydroxylation sites is 1. The number of hydrogen-bond acceptors (Lipinski definition) is 6. The van der Waals surface area contributed by atoms with Crippen molar-refractivity contribution in [2.45, 2.75) is 13.5 Å². The maximum absolute atomic E-state index is 12.3. The highest BCUT2D eigenvalue weighted by Crippen LogP contribution is 2.26. The fourth-order valence-corrected chi connectivity index (χ4v) is 3.10. The topological polar surface area (TPSA) is 91.0 Å². The van der Waals surface area contributed by atoms with Crippen LogP contribution in [-0.4, -0.2) is 16.8 Å². The molecular formula is C24H18N2O5. The summed E-state index contributed by atoms with van der Waals surface area (Å²) in [4.78, 5) is 26.9. The number of nitro benzene ring substituents is 1. The lowest BCUT2D eigenvalue weighted by atomic mass is 10.1. The van der Waals surface area contributed by atoms with Gasteiger partial charge in [0.2, 0.25) is 5.90 Å². The summed E-state index contributed by atoms with van der Waals surface area (Å²) < 4.78 is 11.2. The molecule has 0 spiro atoms. The van der Waals surface area contributed by atoms with Crippen LogP contribution in [0.1, 0.15) is 22.3 Å². The number of benzene rings is 3. The first kappa shape index (κ1) is 20.0. The molecule has 7 heteroatoms. The van der Waals surface area contributed by atoms with Gasteiger partial charge < -0.3 is 9.47 Å². The first-order valence-corrected chi connectivity index (χ1v) is 9.54. The zero-order chi connectivity index (χ0) is 21.8. The van der Waals surface area contributed by atoms with Crippen LogP contribution in [0, 0.1) is 17.0 Å². The Kier molecular flexibility index (Phi) is 5.57. The van der Waals surface area contributed by atoms with Gasteiger partial charge in [0.05, 0.1) is 4.92 Å². The van der Waals surface area contributed by atoms with E-state index in [9.17, 15) is 14.9 Å². The van der Waals surface area contributed by atoms with Gasteiger partial charge in [-0.1, -0.05) is 48.0 Å². The molecular weight excluding hydrogens is 396 g/mol. The Morgan fingerprint density at radius 1 is 1.06 bits per heavy atom. The van der Waals surface area contributed by atoms with E-state index in [2.05, 4.69) is 11.1 Å². The van der Waals surface area contributed by atoms with Crippen LogP contribution in [0.25, 0.3) is 6.08 Å². The maximum atomic E-state index is 12.3. The van der Waals surface area contributed by atoms with E-state index in [4.69, 9.17) is 9.47 Å². The normalized spacial score (nSPS) is 14.3. The Morgan fingerprint density at radius 3 is 2.58 bits per heavy atom. The molecule has 1 aliphatic heterocycles. The van der Waals surface area contributed by atoms with Gasteiger partial charge in [0.15, 0.2) is 5.70 Å². The van der Waals surface area contributed by atoms with Crippen molar-refractivity contribution in [1.82, 2.24) is 0 Å². The molecule has 0 amide bonds. The van der Waals surface area contributed by atoms with Gasteiger partial charge in [0.1, 0.15) is 12.4 Å². The van der Waals surface area contributed by atoms with Crippen molar-refractivity contribution in [3.8, 4) is 5.75 Å². The lowest BCUT2D eigenvalue weighted by Crippen LogP contribution is -2.05. The summed E-state index contributed by atoms with van der Waals surface area (Å²) >= 11 is 0. The average molecular weight is 414 g/mol. The quantitative estimate of drug-likeness (QED) is 0.249. The van der Waals surface area contributed by atoms with E-state index in [0.29, 0.717) is 23.5 Å². The number of nitrogens with zero attached hydrogens (tertiary/aromatic N) is 2. The van der Waals surface area contributed by atoms with Gasteiger partial charge in [-0.3, -0.25) is 10.1 Å². The van der Waals surface area contributed by atoms with Crippen molar-refractivity contribution >= 4 is 23.6 Å². The number of non-ortho nitro benzene ring substituents is 1. The first-order valence-electron chi connectivity index (χ1n) is 9.54. The fraction of sp³-hybridized carbons (Fsp3) is 0.0833. The maximum Gasteiger partial charge on any atom is 0.363 e. The van der Waals surface area contributed by atoms with Crippen molar-refractivity contribution in [1.29, 1.82) is 0 Å². The number of aryl methyl sites for hydroxylation is 1. The summed E-state index contributed by atoms with van der Waals surface area (Å²) in [5.74, 6) is 0.120. The van der Waals surface area contributed by atoms with Crippen molar-refractivity contribution in [2.75, 3.05) is 0 Å². The predicted molar refractivity (Wildman–Crippen MR) is 116 cm³/mol. The summed E-state index contributed by atoms with van der Waals surface area (Å²) in [7, 11) is 0. The smallest absolute Gasteiger partial charge is 0.363 e. The largest absolute Gasteiger partial charge is 0.488 e. The molecule has 3 aromatic carbocycles. The molecule has 0 fully saturated rings. The SMILES string of the molecule is Cc1cccc(COc2ccccc2/C=C2\N=C(c3ccc([N+](=O)[O-])cc3)OC2=O)c1. The molecule has 31 heavy (non-hydrogen) atoms. The minimum atomic E-state index is -0.596. The number of ether oxygens (including phenoxy) is 2. The fourth-order valence-electron chi connectivity index (χ4n) is 3.10. The molecule has 1 heterocycles. The highest BCUT2D eigenvalue weighted by Gasteiger charge is 2.25. The molecule has 4 rings (SSSR count). The number of esters is 1. The van der Waals surface area contributed by atoms with E-state index < -0.39 is 10.9 Å². The van der Waals surface area contributed by atoms with Gasteiger partial charge in [-0.05, 0) is 36.8 Å². The number of carbonyl (C=O) groups is 1. The second-order valence-electron chi connectivity index (χ2n) is 6.96. The van der Waals surface area contributed by atoms with Gasteiger partial charge in [-0.2, -0.15) is 0 Å². The second kappa shape index (κ2) is 8.62. The molecule has 154 valence electrons. The lowest BCUT2D eigenvalue weighted by molar-refractivity contribution is -0.384. The minimum absolute atomic E-state index is 0.0517. The molecule has 0 radical (unpaired) electrons. The summed E-state index contributed by atoms with van der Waals surface area (Å²) in [6.45, 7) is 2.41. The van der Waals surface area contributed by atoms with Crippen LogP contribution in [0.3, 0.4) is 0 Å². The summed E-state index contributed by atoms with van der Waals surface area (Å²) in [6, 6.07) is 21.0. The van der Waals surface area contributed by atoms with Crippen LogP contribution in [-0.2, 0) is 16.1 Å². The van der Waals surface area contributed by atoms with Crippen molar-refractivity contribution in [2.24, 2.45) is 4.99 Å². The molecule has 0 aliphatic carbocycles. The zero-order valence-electron chi connectivity index (χ0n) is 16.6. The van der Waals surface area contributed by atoms with Crippen LogP contribution >= 0.6 is 0 Å². The van der Waals surface area contributed by atoms with Gasteiger partial charge in [0.25, 0.3) is 5.69 Å². The summed E-state index contributed by atoms with van der Waals surface area (Å²) in [5, 5.41) is 10.8. The Balaban J connectivity index is 1.56. The number of rotatable bonds is 6. The number of nitro groups is 1. The Bertz CT molecular complexity index is 1210. The number of hydrogen-bond donors (Lipinski definition) is 0. The molecule has 0 saturated heterocycles. The second-order valence-corrected chi connectivity index (χ2v) is 6.96. The van der Waals surface area contributed by atoms with Crippen molar-refractivity contribution < 1.29 is 19.2 Å². The third kappa shape index (κ3) is 4.67. The van der Waals surface area contributed by atoms with Crippen LogP contribution < -0.4 is 4.74 Å². The zero-order valence-corrected chi connectivity index (χ0v) is 16.6. The molecule has 0 atom stereocenters. The van der Waals surface area contributed by atoms with Crippen molar-refractivity contribution in [3.05, 3.63) is 111 Å². The van der Waals surface area contributed by atoms with Crippen LogP contribution in [0.15, 0.2) is 83.5 Å². The highest BCUT2D eigenvalue weighted by atomic mass is 16.6. The van der Waals surface area contributed by atoms with Crippen LogP contribution in [0.2, 0.25) is 0 Å². The van der Waals surface area contributed by atoms with E-state index in [-0.39, 0.29) is 17.3 Å². The molecule has 0 saturated carbocycles. The molecule has 7 nitrogen and oxygen atoms in total. The Morgan fingerprint density at radius 2 is 1.84 bits per heavy atom. The van der Waals surface area contributed by atoms with E-state index in [0.717, 1.165) is 11.1 Å².